The number of aryl methyl sites for hydroxylation is 1. The van der Waals surface area contributed by atoms with Gasteiger partial charge in [0.05, 0.1) is 6.04 Å². The van der Waals surface area contributed by atoms with Crippen LogP contribution in [0.4, 0.5) is 4.79 Å². The van der Waals surface area contributed by atoms with Gasteiger partial charge in [0.1, 0.15) is 5.82 Å². The van der Waals surface area contributed by atoms with E-state index < -0.39 is 0 Å². The van der Waals surface area contributed by atoms with Crippen LogP contribution in [0.25, 0.3) is 0 Å². The Morgan fingerprint density at radius 2 is 1.71 bits per heavy atom. The van der Waals surface area contributed by atoms with Crippen LogP contribution in [0.1, 0.15) is 37.5 Å². The van der Waals surface area contributed by atoms with Gasteiger partial charge in [-0.25, -0.2) is 9.78 Å². The van der Waals surface area contributed by atoms with Crippen molar-refractivity contribution in [2.24, 2.45) is 13.0 Å². The highest BCUT2D eigenvalue weighted by atomic mass is 32.2. The highest BCUT2D eigenvalue weighted by molar-refractivity contribution is 7.99. The minimum absolute atomic E-state index is 0.0596. The molecule has 0 radical (unpaired) electrons. The Bertz CT molecular complexity index is 679. The highest BCUT2D eigenvalue weighted by Gasteiger charge is 2.37. The topological polar surface area (TPSA) is 128 Å². The number of urea groups is 1. The van der Waals surface area contributed by atoms with Gasteiger partial charge < -0.3 is 25.0 Å². The SMILES string of the molecule is Cn1ccnc1C(NC(=O)N1CCC(N2CCSCC2)CC1)C1CC1.O=CO.O=CO. The molecule has 2 amide bonds. The number of imidazole rings is 1. The molecule has 11 heteroatoms. The standard InChI is InChI=1S/C18H29N5OS.2CH2O2/c1-21-9-6-19-17(21)16(14-2-3-14)20-18(24)23-7-4-15(5-8-23)22-10-12-25-13-11-22;2*2-1-3/h6,9,14-16H,2-5,7-8,10-13H2,1H3,(H,20,24);2*1H,(H,2,3). The number of nitrogens with zero attached hydrogens (tertiary/aromatic N) is 4. The number of aromatic nitrogens is 2. The fourth-order valence-corrected chi connectivity index (χ4v) is 5.03. The maximum atomic E-state index is 12.8. The second kappa shape index (κ2) is 13.2. The van der Waals surface area contributed by atoms with Crippen LogP contribution >= 0.6 is 11.8 Å². The summed E-state index contributed by atoms with van der Waals surface area (Å²) in [5, 5.41) is 17.1. The van der Waals surface area contributed by atoms with E-state index in [2.05, 4.69) is 27.0 Å². The molecule has 0 spiro atoms. The summed E-state index contributed by atoms with van der Waals surface area (Å²) < 4.78 is 2.03. The lowest BCUT2D eigenvalue weighted by atomic mass is 10.0. The number of hydrogen-bond acceptors (Lipinski definition) is 6. The number of likely N-dealkylation sites (tertiary alicyclic amines) is 1. The Hall–Kier alpha value is -2.27. The summed E-state index contributed by atoms with van der Waals surface area (Å²) in [4.78, 5) is 38.6. The predicted molar refractivity (Wildman–Crippen MR) is 118 cm³/mol. The van der Waals surface area contributed by atoms with Crippen LogP contribution in [0.15, 0.2) is 12.4 Å². The molecule has 1 aromatic heterocycles. The molecular formula is C20H33N5O5S. The molecule has 1 aliphatic carbocycles. The number of piperidine rings is 1. The van der Waals surface area contributed by atoms with E-state index in [-0.39, 0.29) is 25.0 Å². The highest BCUT2D eigenvalue weighted by Crippen LogP contribution is 2.40. The molecule has 31 heavy (non-hydrogen) atoms. The van der Waals surface area contributed by atoms with Crippen molar-refractivity contribution in [2.75, 3.05) is 37.7 Å². The van der Waals surface area contributed by atoms with Crippen molar-refractivity contribution in [3.8, 4) is 0 Å². The van der Waals surface area contributed by atoms with Crippen molar-refractivity contribution in [1.82, 2.24) is 24.7 Å². The summed E-state index contributed by atoms with van der Waals surface area (Å²) in [6.07, 6.45) is 8.36. The number of nitrogens with one attached hydrogen (secondary N) is 1. The van der Waals surface area contributed by atoms with E-state index in [0.29, 0.717) is 12.0 Å². The van der Waals surface area contributed by atoms with Crippen molar-refractivity contribution in [3.63, 3.8) is 0 Å². The summed E-state index contributed by atoms with van der Waals surface area (Å²) in [5.74, 6) is 4.05. The third-order valence-electron chi connectivity index (χ3n) is 5.82. The molecule has 4 rings (SSSR count). The van der Waals surface area contributed by atoms with Gasteiger partial charge in [0.15, 0.2) is 0 Å². The fraction of sp³-hybridized carbons (Fsp3) is 0.700. The maximum absolute atomic E-state index is 12.8. The van der Waals surface area contributed by atoms with Crippen LogP contribution in [0.3, 0.4) is 0 Å². The van der Waals surface area contributed by atoms with Gasteiger partial charge in [-0.15, -0.1) is 0 Å². The molecule has 10 nitrogen and oxygen atoms in total. The van der Waals surface area contributed by atoms with Crippen LogP contribution in [-0.4, -0.2) is 92.3 Å². The molecule has 3 N–H and O–H groups in total. The Balaban J connectivity index is 0.000000513. The normalized spacial score (nSPS) is 20.4. The van der Waals surface area contributed by atoms with Gasteiger partial charge in [-0.1, -0.05) is 0 Å². The van der Waals surface area contributed by atoms with Gasteiger partial charge >= 0.3 is 6.03 Å². The molecule has 2 aliphatic heterocycles. The van der Waals surface area contributed by atoms with Gasteiger partial charge in [-0.05, 0) is 31.6 Å². The molecule has 0 bridgehead atoms. The van der Waals surface area contributed by atoms with E-state index >= 15 is 0 Å². The molecule has 3 aliphatic rings. The Morgan fingerprint density at radius 1 is 1.13 bits per heavy atom. The van der Waals surface area contributed by atoms with Crippen molar-refractivity contribution in [1.29, 1.82) is 0 Å². The first-order chi connectivity index (χ1) is 15.0. The van der Waals surface area contributed by atoms with Gasteiger partial charge in [-0.3, -0.25) is 14.5 Å². The largest absolute Gasteiger partial charge is 0.483 e. The fourth-order valence-electron chi connectivity index (χ4n) is 4.10. The smallest absolute Gasteiger partial charge is 0.317 e. The van der Waals surface area contributed by atoms with E-state index in [1.807, 2.05) is 28.9 Å². The number of amides is 2. The molecule has 1 unspecified atom stereocenters. The lowest BCUT2D eigenvalue weighted by Crippen LogP contribution is -2.51. The summed E-state index contributed by atoms with van der Waals surface area (Å²) in [5.41, 5.74) is 0. The first-order valence-corrected chi connectivity index (χ1v) is 11.7. The van der Waals surface area contributed by atoms with Crippen LogP contribution < -0.4 is 5.32 Å². The average molecular weight is 456 g/mol. The van der Waals surface area contributed by atoms with Gasteiger partial charge in [0.2, 0.25) is 0 Å². The van der Waals surface area contributed by atoms with Gasteiger partial charge in [0.25, 0.3) is 12.9 Å². The molecule has 3 fully saturated rings. The van der Waals surface area contributed by atoms with Crippen LogP contribution in [0.2, 0.25) is 0 Å². The predicted octanol–water partition coefficient (Wildman–Crippen LogP) is 1.50. The summed E-state index contributed by atoms with van der Waals surface area (Å²) in [6.45, 7) is 3.67. The maximum Gasteiger partial charge on any atom is 0.317 e. The molecule has 174 valence electrons. The third kappa shape index (κ3) is 7.73. The first-order valence-electron chi connectivity index (χ1n) is 10.6. The van der Waals surface area contributed by atoms with Crippen LogP contribution in [-0.2, 0) is 16.6 Å². The van der Waals surface area contributed by atoms with E-state index in [9.17, 15) is 4.79 Å². The summed E-state index contributed by atoms with van der Waals surface area (Å²) in [7, 11) is 2.01. The van der Waals surface area contributed by atoms with Crippen molar-refractivity contribution in [2.45, 2.75) is 37.8 Å². The number of thioether (sulfide) groups is 1. The molecule has 3 heterocycles. The second-order valence-corrected chi connectivity index (χ2v) is 8.96. The number of hydrogen-bond donors (Lipinski definition) is 3. The van der Waals surface area contributed by atoms with E-state index in [1.165, 1.54) is 37.4 Å². The number of rotatable bonds is 4. The Labute approximate surface area is 187 Å². The number of carbonyl (C=O) groups is 3. The van der Waals surface area contributed by atoms with Crippen LogP contribution in [0.5, 0.6) is 0 Å². The zero-order valence-corrected chi connectivity index (χ0v) is 18.7. The van der Waals surface area contributed by atoms with E-state index in [1.54, 1.807) is 0 Å². The molecular weight excluding hydrogens is 422 g/mol. The van der Waals surface area contributed by atoms with Gasteiger partial charge in [0, 0.05) is 63.2 Å². The monoisotopic (exact) mass is 455 g/mol. The Kier molecular flexibility index (Phi) is 10.6. The van der Waals surface area contributed by atoms with E-state index in [4.69, 9.17) is 19.8 Å². The minimum atomic E-state index is -0.250. The van der Waals surface area contributed by atoms with Crippen molar-refractivity contribution in [3.05, 3.63) is 18.2 Å². The molecule has 1 atom stereocenters. The average Bonchev–Trinajstić information content (AvgIpc) is 3.54. The second-order valence-electron chi connectivity index (χ2n) is 7.74. The molecule has 1 saturated carbocycles. The third-order valence-corrected chi connectivity index (χ3v) is 6.77. The molecule has 1 aromatic rings. The molecule has 2 saturated heterocycles. The zero-order chi connectivity index (χ0) is 22.6. The first kappa shape index (κ1) is 25.0. The van der Waals surface area contributed by atoms with Crippen LogP contribution in [0, 0.1) is 5.92 Å². The lowest BCUT2D eigenvalue weighted by molar-refractivity contribution is -0.123. The number of carboxylic acid groups (broad SMARTS) is 2. The van der Waals surface area contributed by atoms with E-state index in [0.717, 1.165) is 31.8 Å². The zero-order valence-electron chi connectivity index (χ0n) is 17.9. The summed E-state index contributed by atoms with van der Waals surface area (Å²) >= 11 is 2.06. The Morgan fingerprint density at radius 3 is 2.19 bits per heavy atom. The van der Waals surface area contributed by atoms with Crippen molar-refractivity contribution < 1.29 is 24.6 Å². The minimum Gasteiger partial charge on any atom is -0.483 e. The summed E-state index contributed by atoms with van der Waals surface area (Å²) in [6, 6.07) is 0.815. The number of carbonyl (C=O) groups excluding carboxylic acids is 1. The van der Waals surface area contributed by atoms with Crippen molar-refractivity contribution >= 4 is 30.7 Å². The molecule has 0 aromatic carbocycles. The quantitative estimate of drug-likeness (QED) is 0.583. The van der Waals surface area contributed by atoms with Gasteiger partial charge in [-0.2, -0.15) is 11.8 Å². The lowest BCUT2D eigenvalue weighted by Gasteiger charge is -2.40.